The first-order valence-corrected chi connectivity index (χ1v) is 4.31. The van der Waals surface area contributed by atoms with Crippen LogP contribution in [0, 0.1) is 0 Å². The molecule has 0 aliphatic heterocycles. The van der Waals surface area contributed by atoms with E-state index in [0.717, 1.165) is 6.54 Å². The fourth-order valence-electron chi connectivity index (χ4n) is 1.05. The topological polar surface area (TPSA) is 24.1 Å². The zero-order valence-corrected chi connectivity index (χ0v) is 7.65. The van der Waals surface area contributed by atoms with Crippen molar-refractivity contribution in [3.63, 3.8) is 0 Å². The van der Waals surface area contributed by atoms with Gasteiger partial charge in [0, 0.05) is 12.5 Å². The van der Waals surface area contributed by atoms with Crippen LogP contribution in [0.15, 0.2) is 0 Å². The summed E-state index contributed by atoms with van der Waals surface area (Å²) in [5.74, 6) is 0. The van der Waals surface area contributed by atoms with Gasteiger partial charge in [-0.05, 0) is 20.0 Å². The van der Waals surface area contributed by atoms with Gasteiger partial charge < -0.3 is 5.32 Å². The molecule has 0 bridgehead atoms. The fourth-order valence-corrected chi connectivity index (χ4v) is 1.05. The average Bonchev–Trinajstić information content (AvgIpc) is 1.87. The summed E-state index contributed by atoms with van der Waals surface area (Å²) in [5.41, 5.74) is 0. The van der Waals surface area contributed by atoms with Crippen molar-refractivity contribution in [1.82, 2.24) is 10.6 Å². The molecule has 0 rings (SSSR count). The molecule has 0 aromatic rings. The number of alkyl halides is 1. The zero-order valence-electron chi connectivity index (χ0n) is 7.65. The Balaban J connectivity index is 3.32. The van der Waals surface area contributed by atoms with Crippen LogP contribution in [0.25, 0.3) is 0 Å². The van der Waals surface area contributed by atoms with Crippen LogP contribution < -0.4 is 10.6 Å². The van der Waals surface area contributed by atoms with Crippen LogP contribution in [0.3, 0.4) is 0 Å². The van der Waals surface area contributed by atoms with Crippen LogP contribution in [0.4, 0.5) is 4.39 Å². The molecule has 0 amide bonds. The highest BCUT2D eigenvalue weighted by molar-refractivity contribution is 4.64. The Labute approximate surface area is 68.6 Å². The lowest BCUT2D eigenvalue weighted by atomic mass is 10.2. The number of halogens is 1. The standard InChI is InChI=1S/C8H19FN2/c1-4-10-7(3)6-8(9)11-5-2/h7-8,10-11H,4-6H2,1-3H3. The number of hydrogen-bond acceptors (Lipinski definition) is 2. The summed E-state index contributed by atoms with van der Waals surface area (Å²) in [6.07, 6.45) is -0.323. The minimum atomic E-state index is -0.867. The molecule has 2 atom stereocenters. The van der Waals surface area contributed by atoms with Crippen molar-refractivity contribution in [2.75, 3.05) is 13.1 Å². The summed E-state index contributed by atoms with van der Waals surface area (Å²) in [4.78, 5) is 0. The Bertz CT molecular complexity index is 78.2. The maximum Gasteiger partial charge on any atom is 0.152 e. The first kappa shape index (κ1) is 10.8. The van der Waals surface area contributed by atoms with Gasteiger partial charge in [0.05, 0.1) is 0 Å². The summed E-state index contributed by atoms with van der Waals surface area (Å²) < 4.78 is 12.8. The number of rotatable bonds is 6. The van der Waals surface area contributed by atoms with E-state index in [1.165, 1.54) is 0 Å². The molecule has 0 saturated carbocycles. The van der Waals surface area contributed by atoms with E-state index in [2.05, 4.69) is 10.6 Å². The van der Waals surface area contributed by atoms with Gasteiger partial charge in [0.2, 0.25) is 0 Å². The molecular formula is C8H19FN2. The van der Waals surface area contributed by atoms with Crippen molar-refractivity contribution in [3.05, 3.63) is 0 Å². The third-order valence-electron chi connectivity index (χ3n) is 1.54. The van der Waals surface area contributed by atoms with Crippen molar-refractivity contribution in [1.29, 1.82) is 0 Å². The van der Waals surface area contributed by atoms with Gasteiger partial charge in [0.15, 0.2) is 6.30 Å². The van der Waals surface area contributed by atoms with Crippen LogP contribution in [-0.4, -0.2) is 25.4 Å². The Kier molecular flexibility index (Phi) is 6.46. The third-order valence-corrected chi connectivity index (χ3v) is 1.54. The molecule has 0 aromatic heterocycles. The normalized spacial score (nSPS) is 16.4. The second kappa shape index (κ2) is 6.55. The van der Waals surface area contributed by atoms with Crippen LogP contribution in [0.5, 0.6) is 0 Å². The lowest BCUT2D eigenvalue weighted by Crippen LogP contribution is -2.34. The lowest BCUT2D eigenvalue weighted by Gasteiger charge is -2.15. The van der Waals surface area contributed by atoms with Crippen molar-refractivity contribution < 1.29 is 4.39 Å². The SMILES string of the molecule is CCNC(C)CC(F)NCC. The van der Waals surface area contributed by atoms with E-state index in [4.69, 9.17) is 0 Å². The fraction of sp³-hybridized carbons (Fsp3) is 1.00. The summed E-state index contributed by atoms with van der Waals surface area (Å²) in [6.45, 7) is 7.52. The van der Waals surface area contributed by atoms with Crippen molar-refractivity contribution in [2.24, 2.45) is 0 Å². The minimum Gasteiger partial charge on any atom is -0.314 e. The van der Waals surface area contributed by atoms with Crippen LogP contribution in [0.1, 0.15) is 27.2 Å². The minimum absolute atomic E-state index is 0.258. The molecule has 2 nitrogen and oxygen atoms in total. The molecule has 68 valence electrons. The maximum atomic E-state index is 12.8. The van der Waals surface area contributed by atoms with Crippen LogP contribution in [-0.2, 0) is 0 Å². The molecule has 3 heteroatoms. The predicted molar refractivity (Wildman–Crippen MR) is 46.3 cm³/mol. The molecule has 0 aromatic carbocycles. The molecule has 0 heterocycles. The third kappa shape index (κ3) is 6.26. The van der Waals surface area contributed by atoms with Crippen molar-refractivity contribution in [2.45, 2.75) is 39.5 Å². The van der Waals surface area contributed by atoms with Gasteiger partial charge >= 0.3 is 0 Å². The van der Waals surface area contributed by atoms with Crippen molar-refractivity contribution >= 4 is 0 Å². The van der Waals surface area contributed by atoms with E-state index in [1.807, 2.05) is 20.8 Å². The average molecular weight is 162 g/mol. The first-order valence-electron chi connectivity index (χ1n) is 4.31. The first-order chi connectivity index (χ1) is 5.20. The largest absolute Gasteiger partial charge is 0.314 e. The second-order valence-electron chi connectivity index (χ2n) is 2.72. The molecule has 11 heavy (non-hydrogen) atoms. The molecule has 0 radical (unpaired) electrons. The highest BCUT2D eigenvalue weighted by Crippen LogP contribution is 1.98. The summed E-state index contributed by atoms with van der Waals surface area (Å²) in [7, 11) is 0. The molecule has 2 N–H and O–H groups in total. The molecule has 0 aliphatic rings. The highest BCUT2D eigenvalue weighted by Gasteiger charge is 2.08. The quantitative estimate of drug-likeness (QED) is 0.575. The predicted octanol–water partition coefficient (Wildman–Crippen LogP) is 1.28. The van der Waals surface area contributed by atoms with Gasteiger partial charge in [-0.3, -0.25) is 5.32 Å². The number of nitrogens with one attached hydrogen (secondary N) is 2. The Hall–Kier alpha value is -0.150. The molecular weight excluding hydrogens is 143 g/mol. The second-order valence-corrected chi connectivity index (χ2v) is 2.72. The van der Waals surface area contributed by atoms with E-state index >= 15 is 0 Å². The van der Waals surface area contributed by atoms with Gasteiger partial charge in [0.25, 0.3) is 0 Å². The smallest absolute Gasteiger partial charge is 0.152 e. The van der Waals surface area contributed by atoms with E-state index in [0.29, 0.717) is 13.0 Å². The van der Waals surface area contributed by atoms with Gasteiger partial charge in [0.1, 0.15) is 0 Å². The van der Waals surface area contributed by atoms with Gasteiger partial charge in [-0.2, -0.15) is 0 Å². The van der Waals surface area contributed by atoms with Gasteiger partial charge in [-0.15, -0.1) is 0 Å². The zero-order chi connectivity index (χ0) is 8.69. The van der Waals surface area contributed by atoms with Crippen LogP contribution >= 0.6 is 0 Å². The van der Waals surface area contributed by atoms with Crippen molar-refractivity contribution in [3.8, 4) is 0 Å². The van der Waals surface area contributed by atoms with E-state index in [-0.39, 0.29) is 6.04 Å². The maximum absolute atomic E-state index is 12.8. The lowest BCUT2D eigenvalue weighted by molar-refractivity contribution is 0.240. The molecule has 0 aliphatic carbocycles. The molecule has 0 fully saturated rings. The summed E-state index contributed by atoms with van der Waals surface area (Å²) in [5, 5.41) is 5.88. The highest BCUT2D eigenvalue weighted by atomic mass is 19.1. The molecule has 0 spiro atoms. The summed E-state index contributed by atoms with van der Waals surface area (Å²) >= 11 is 0. The van der Waals surface area contributed by atoms with Gasteiger partial charge in [-0.1, -0.05) is 13.8 Å². The Morgan fingerprint density at radius 3 is 2.18 bits per heavy atom. The van der Waals surface area contributed by atoms with Crippen LogP contribution in [0.2, 0.25) is 0 Å². The number of hydrogen-bond donors (Lipinski definition) is 2. The Morgan fingerprint density at radius 2 is 1.73 bits per heavy atom. The monoisotopic (exact) mass is 162 g/mol. The van der Waals surface area contributed by atoms with Gasteiger partial charge in [-0.25, -0.2) is 4.39 Å². The Morgan fingerprint density at radius 1 is 1.18 bits per heavy atom. The van der Waals surface area contributed by atoms with E-state index in [9.17, 15) is 4.39 Å². The van der Waals surface area contributed by atoms with E-state index in [1.54, 1.807) is 0 Å². The molecule has 2 unspecified atom stereocenters. The summed E-state index contributed by atoms with van der Waals surface area (Å²) in [6, 6.07) is 0.258. The van der Waals surface area contributed by atoms with E-state index < -0.39 is 6.30 Å². The molecule has 0 saturated heterocycles.